The lowest BCUT2D eigenvalue weighted by atomic mass is 10.0. The maximum Gasteiger partial charge on any atom is 0.274 e. The maximum absolute atomic E-state index is 12.2. The van der Waals surface area contributed by atoms with Crippen molar-refractivity contribution in [3.63, 3.8) is 0 Å². The molecule has 1 aromatic rings. The van der Waals surface area contributed by atoms with Crippen LogP contribution in [0, 0.1) is 5.92 Å². The van der Waals surface area contributed by atoms with Crippen LogP contribution in [0.2, 0.25) is 0 Å². The Labute approximate surface area is 107 Å². The summed E-state index contributed by atoms with van der Waals surface area (Å²) in [5.74, 6) is 0.386. The Balaban J connectivity index is 2.78. The summed E-state index contributed by atoms with van der Waals surface area (Å²) in [5.41, 5.74) is -0.00278. The molecule has 100 valence electrons. The number of hydrogen-bond acceptors (Lipinski definition) is 3. The van der Waals surface area contributed by atoms with Crippen molar-refractivity contribution in [3.05, 3.63) is 28.2 Å². The first-order valence-electron chi connectivity index (χ1n) is 6.47. The molecule has 5 nitrogen and oxygen atoms in total. The minimum absolute atomic E-state index is 0.124. The lowest BCUT2D eigenvalue weighted by Crippen LogP contribution is -2.36. The van der Waals surface area contributed by atoms with Gasteiger partial charge in [0, 0.05) is 19.2 Å². The molecule has 1 aromatic heterocycles. The molecule has 0 spiro atoms. The molecule has 1 N–H and O–H groups in total. The van der Waals surface area contributed by atoms with Crippen molar-refractivity contribution in [3.8, 4) is 0 Å². The van der Waals surface area contributed by atoms with E-state index in [0.29, 0.717) is 18.2 Å². The average molecular weight is 251 g/mol. The van der Waals surface area contributed by atoms with Crippen molar-refractivity contribution in [1.82, 2.24) is 15.1 Å². The van der Waals surface area contributed by atoms with Gasteiger partial charge in [-0.15, -0.1) is 0 Å². The van der Waals surface area contributed by atoms with E-state index in [4.69, 9.17) is 0 Å². The Kier molecular flexibility index (Phi) is 5.55. The summed E-state index contributed by atoms with van der Waals surface area (Å²) in [4.78, 5) is 24.9. The highest BCUT2D eigenvalue weighted by Gasteiger charge is 2.18. The number of nitrogens with zero attached hydrogens (tertiary/aromatic N) is 2. The van der Waals surface area contributed by atoms with E-state index in [1.165, 1.54) is 12.1 Å². The van der Waals surface area contributed by atoms with Crippen LogP contribution in [-0.4, -0.2) is 34.1 Å². The van der Waals surface area contributed by atoms with E-state index in [2.05, 4.69) is 24.0 Å². The number of H-pyrrole nitrogens is 1. The van der Waals surface area contributed by atoms with Crippen molar-refractivity contribution in [1.29, 1.82) is 0 Å². The van der Waals surface area contributed by atoms with Crippen molar-refractivity contribution in [2.45, 2.75) is 33.6 Å². The monoisotopic (exact) mass is 251 g/mol. The first kappa shape index (κ1) is 14.4. The number of nitrogens with one attached hydrogen (secondary N) is 1. The van der Waals surface area contributed by atoms with E-state index in [1.807, 2.05) is 6.92 Å². The fourth-order valence-corrected chi connectivity index (χ4v) is 1.84. The third kappa shape index (κ3) is 3.68. The molecular weight excluding hydrogens is 230 g/mol. The van der Waals surface area contributed by atoms with Crippen molar-refractivity contribution < 1.29 is 4.79 Å². The van der Waals surface area contributed by atoms with E-state index in [1.54, 1.807) is 4.90 Å². The number of carbonyl (C=O) groups is 1. The SMILES string of the molecule is CCC(CC)CN(CC)C(=O)c1ccc(=O)[nH]n1. The molecule has 0 aliphatic heterocycles. The maximum atomic E-state index is 12.2. The smallest absolute Gasteiger partial charge is 0.274 e. The molecule has 0 atom stereocenters. The van der Waals surface area contributed by atoms with Crippen LogP contribution in [-0.2, 0) is 0 Å². The highest BCUT2D eigenvalue weighted by atomic mass is 16.2. The summed E-state index contributed by atoms with van der Waals surface area (Å²) >= 11 is 0. The van der Waals surface area contributed by atoms with Gasteiger partial charge in [-0.05, 0) is 18.9 Å². The standard InChI is InChI=1S/C13H21N3O2/c1-4-10(5-2)9-16(6-3)13(18)11-7-8-12(17)15-14-11/h7-8,10H,4-6,9H2,1-3H3,(H,15,17). The largest absolute Gasteiger partial charge is 0.337 e. The predicted octanol–water partition coefficient (Wildman–Crippen LogP) is 1.67. The highest BCUT2D eigenvalue weighted by Crippen LogP contribution is 2.11. The summed E-state index contributed by atoms with van der Waals surface area (Å²) in [6.45, 7) is 7.60. The third-order valence-electron chi connectivity index (χ3n) is 3.20. The molecule has 5 heteroatoms. The second-order valence-electron chi connectivity index (χ2n) is 4.33. The van der Waals surface area contributed by atoms with Crippen molar-refractivity contribution >= 4 is 5.91 Å². The van der Waals surface area contributed by atoms with E-state index in [-0.39, 0.29) is 11.5 Å². The van der Waals surface area contributed by atoms with Crippen molar-refractivity contribution in [2.75, 3.05) is 13.1 Å². The fraction of sp³-hybridized carbons (Fsp3) is 0.615. The number of carbonyl (C=O) groups excluding carboxylic acids is 1. The van der Waals surface area contributed by atoms with Crippen LogP contribution in [0.4, 0.5) is 0 Å². The normalized spacial score (nSPS) is 10.7. The third-order valence-corrected chi connectivity index (χ3v) is 3.20. The molecule has 1 amide bonds. The van der Waals surface area contributed by atoms with Gasteiger partial charge in [0.05, 0.1) is 0 Å². The molecule has 0 fully saturated rings. The van der Waals surface area contributed by atoms with Crippen LogP contribution in [0.15, 0.2) is 16.9 Å². The summed E-state index contributed by atoms with van der Waals surface area (Å²) in [7, 11) is 0. The van der Waals surface area contributed by atoms with E-state index in [9.17, 15) is 9.59 Å². The predicted molar refractivity (Wildman–Crippen MR) is 70.5 cm³/mol. The first-order valence-corrected chi connectivity index (χ1v) is 6.47. The van der Waals surface area contributed by atoms with Crippen LogP contribution in [0.3, 0.4) is 0 Å². The Hall–Kier alpha value is -1.65. The second-order valence-corrected chi connectivity index (χ2v) is 4.33. The number of hydrogen-bond donors (Lipinski definition) is 1. The Morgan fingerprint density at radius 3 is 2.44 bits per heavy atom. The molecular formula is C13H21N3O2. The highest BCUT2D eigenvalue weighted by molar-refractivity contribution is 5.92. The molecule has 18 heavy (non-hydrogen) atoms. The topological polar surface area (TPSA) is 66.1 Å². The number of aromatic nitrogens is 2. The molecule has 1 heterocycles. The minimum atomic E-state index is -0.297. The van der Waals surface area contributed by atoms with Gasteiger partial charge in [0.15, 0.2) is 0 Å². The zero-order valence-electron chi connectivity index (χ0n) is 11.3. The molecule has 0 aliphatic carbocycles. The van der Waals surface area contributed by atoms with Crippen LogP contribution in [0.25, 0.3) is 0 Å². The van der Waals surface area contributed by atoms with E-state index in [0.717, 1.165) is 19.4 Å². The van der Waals surface area contributed by atoms with E-state index < -0.39 is 0 Å². The van der Waals surface area contributed by atoms with Gasteiger partial charge >= 0.3 is 0 Å². The average Bonchev–Trinajstić information content (AvgIpc) is 2.40. The van der Waals surface area contributed by atoms with Crippen molar-refractivity contribution in [2.24, 2.45) is 5.92 Å². The fourth-order valence-electron chi connectivity index (χ4n) is 1.84. The van der Waals surface area contributed by atoms with Gasteiger partial charge in [0.25, 0.3) is 11.5 Å². The van der Waals surface area contributed by atoms with Gasteiger partial charge in [0.2, 0.25) is 0 Å². The van der Waals surface area contributed by atoms with Gasteiger partial charge in [-0.2, -0.15) is 5.10 Å². The van der Waals surface area contributed by atoms with Gasteiger partial charge < -0.3 is 4.90 Å². The molecule has 0 saturated heterocycles. The molecule has 0 aliphatic rings. The Morgan fingerprint density at radius 1 is 1.33 bits per heavy atom. The zero-order chi connectivity index (χ0) is 13.5. The summed E-state index contributed by atoms with van der Waals surface area (Å²) in [6.07, 6.45) is 2.11. The lowest BCUT2D eigenvalue weighted by molar-refractivity contribution is 0.0727. The molecule has 0 aromatic carbocycles. The summed E-state index contributed by atoms with van der Waals surface area (Å²) < 4.78 is 0. The summed E-state index contributed by atoms with van der Waals surface area (Å²) in [6, 6.07) is 2.79. The van der Waals surface area contributed by atoms with Crippen LogP contribution < -0.4 is 5.56 Å². The number of amides is 1. The molecule has 0 saturated carbocycles. The lowest BCUT2D eigenvalue weighted by Gasteiger charge is -2.24. The molecule has 0 unspecified atom stereocenters. The quantitative estimate of drug-likeness (QED) is 0.836. The molecule has 0 bridgehead atoms. The van der Waals surface area contributed by atoms with Gasteiger partial charge in [-0.25, -0.2) is 5.10 Å². The Morgan fingerprint density at radius 2 is 2.00 bits per heavy atom. The van der Waals surface area contributed by atoms with Gasteiger partial charge in [-0.1, -0.05) is 26.7 Å². The number of aromatic amines is 1. The molecule has 0 radical (unpaired) electrons. The van der Waals surface area contributed by atoms with Crippen LogP contribution >= 0.6 is 0 Å². The minimum Gasteiger partial charge on any atom is -0.337 e. The first-order chi connectivity index (χ1) is 8.62. The summed E-state index contributed by atoms with van der Waals surface area (Å²) in [5, 5.41) is 6.07. The van der Waals surface area contributed by atoms with Gasteiger partial charge in [0.1, 0.15) is 5.69 Å². The second kappa shape index (κ2) is 6.93. The van der Waals surface area contributed by atoms with Gasteiger partial charge in [-0.3, -0.25) is 9.59 Å². The number of rotatable bonds is 6. The van der Waals surface area contributed by atoms with Crippen LogP contribution in [0.1, 0.15) is 44.1 Å². The van der Waals surface area contributed by atoms with E-state index >= 15 is 0 Å². The molecule has 1 rings (SSSR count). The zero-order valence-corrected chi connectivity index (χ0v) is 11.3. The Bertz CT molecular complexity index is 418. The van der Waals surface area contributed by atoms with Crippen LogP contribution in [0.5, 0.6) is 0 Å².